The second-order valence-corrected chi connectivity index (χ2v) is 10.3. The molecule has 6 heteroatoms. The Bertz CT molecular complexity index is 1410. The summed E-state index contributed by atoms with van der Waals surface area (Å²) in [5.41, 5.74) is 9.30. The number of hydrogen-bond acceptors (Lipinski definition) is 6. The van der Waals surface area contributed by atoms with E-state index < -0.39 is 0 Å². The van der Waals surface area contributed by atoms with Crippen molar-refractivity contribution in [3.8, 4) is 11.4 Å². The molecule has 6 rings (SSSR count). The van der Waals surface area contributed by atoms with Crippen LogP contribution in [-0.4, -0.2) is 36.4 Å². The van der Waals surface area contributed by atoms with E-state index in [4.69, 9.17) is 9.97 Å². The molecule has 1 aromatic heterocycles. The maximum absolute atomic E-state index is 5.31. The van der Waals surface area contributed by atoms with Gasteiger partial charge >= 0.3 is 0 Å². The number of anilines is 6. The maximum atomic E-state index is 5.31. The van der Waals surface area contributed by atoms with E-state index in [0.717, 1.165) is 28.6 Å². The number of hydrogen-bond donors (Lipinski definition) is 0. The van der Waals surface area contributed by atoms with Crippen LogP contribution in [0.4, 0.5) is 34.4 Å². The highest BCUT2D eigenvalue weighted by molar-refractivity contribution is 5.88. The summed E-state index contributed by atoms with van der Waals surface area (Å²) in [6.07, 6.45) is 0.242. The Labute approximate surface area is 219 Å². The van der Waals surface area contributed by atoms with Gasteiger partial charge in [-0.2, -0.15) is 0 Å². The summed E-state index contributed by atoms with van der Waals surface area (Å²) in [5, 5.41) is 0. The van der Waals surface area contributed by atoms with Gasteiger partial charge in [-0.15, -0.1) is 0 Å². The number of benzene rings is 3. The molecule has 0 spiro atoms. The molecule has 0 N–H and O–H groups in total. The highest BCUT2D eigenvalue weighted by Gasteiger charge is 2.38. The summed E-state index contributed by atoms with van der Waals surface area (Å²) in [5.74, 6) is 2.67. The number of nitrogens with zero attached hydrogens (tertiary/aromatic N) is 6. The molecule has 0 saturated carbocycles. The largest absolute Gasteiger partial charge is 0.352 e. The maximum Gasteiger partial charge on any atom is 0.164 e. The number of para-hydroxylation sites is 4. The van der Waals surface area contributed by atoms with Crippen molar-refractivity contribution in [2.24, 2.45) is 0 Å². The normalized spacial score (nSPS) is 18.5. The number of rotatable bonds is 3. The zero-order valence-electron chi connectivity index (χ0n) is 22.7. The van der Waals surface area contributed by atoms with Crippen LogP contribution in [0.25, 0.3) is 11.4 Å². The Hall–Kier alpha value is -4.06. The topological polar surface area (TPSA) is 38.7 Å². The lowest BCUT2D eigenvalue weighted by molar-refractivity contribution is 0.712. The highest BCUT2D eigenvalue weighted by atomic mass is 15.4. The van der Waals surface area contributed by atoms with E-state index >= 15 is 0 Å². The molecule has 0 radical (unpaired) electrons. The predicted molar refractivity (Wildman–Crippen MR) is 155 cm³/mol. The van der Waals surface area contributed by atoms with Gasteiger partial charge in [-0.3, -0.25) is 0 Å². The third kappa shape index (κ3) is 3.39. The molecule has 0 amide bonds. The number of aryl methyl sites for hydroxylation is 2. The molecule has 188 valence electrons. The quantitative estimate of drug-likeness (QED) is 0.310. The van der Waals surface area contributed by atoms with Gasteiger partial charge in [0.05, 0.1) is 22.7 Å². The minimum absolute atomic E-state index is 0.121. The fourth-order valence-corrected chi connectivity index (χ4v) is 5.91. The lowest BCUT2D eigenvalue weighted by Gasteiger charge is -2.32. The van der Waals surface area contributed by atoms with Gasteiger partial charge in [0.1, 0.15) is 24.0 Å². The minimum atomic E-state index is 0.121. The molecule has 2 aliphatic rings. The monoisotopic (exact) mass is 490 g/mol. The van der Waals surface area contributed by atoms with Crippen molar-refractivity contribution >= 4 is 34.4 Å². The first kappa shape index (κ1) is 23.3. The third-order valence-corrected chi connectivity index (χ3v) is 8.17. The zero-order valence-corrected chi connectivity index (χ0v) is 22.7. The molecular formula is C31H34N6. The van der Waals surface area contributed by atoms with Crippen molar-refractivity contribution < 1.29 is 0 Å². The van der Waals surface area contributed by atoms with E-state index in [1.54, 1.807) is 0 Å². The fourth-order valence-electron chi connectivity index (χ4n) is 5.91. The van der Waals surface area contributed by atoms with Crippen molar-refractivity contribution in [1.82, 2.24) is 9.97 Å². The van der Waals surface area contributed by atoms with Crippen LogP contribution in [-0.2, 0) is 0 Å². The van der Waals surface area contributed by atoms with Gasteiger partial charge in [-0.25, -0.2) is 9.97 Å². The van der Waals surface area contributed by atoms with Gasteiger partial charge in [-0.05, 0) is 70.0 Å². The molecule has 3 aromatic carbocycles. The second-order valence-electron chi connectivity index (χ2n) is 10.3. The molecule has 2 aliphatic heterocycles. The van der Waals surface area contributed by atoms with E-state index in [1.165, 1.54) is 33.9 Å². The van der Waals surface area contributed by atoms with E-state index in [0.29, 0.717) is 0 Å². The van der Waals surface area contributed by atoms with Crippen LogP contribution in [0.5, 0.6) is 0 Å². The van der Waals surface area contributed by atoms with Crippen LogP contribution in [0.2, 0.25) is 0 Å². The Morgan fingerprint density at radius 1 is 0.568 bits per heavy atom. The first-order chi connectivity index (χ1) is 17.8. The van der Waals surface area contributed by atoms with Crippen LogP contribution in [0, 0.1) is 20.8 Å². The lowest BCUT2D eigenvalue weighted by Crippen LogP contribution is -2.38. The van der Waals surface area contributed by atoms with Crippen molar-refractivity contribution in [2.75, 3.05) is 33.7 Å². The summed E-state index contributed by atoms with van der Waals surface area (Å²) in [7, 11) is 4.31. The van der Waals surface area contributed by atoms with E-state index in [-0.39, 0.29) is 12.3 Å². The van der Waals surface area contributed by atoms with Crippen LogP contribution in [0.1, 0.15) is 30.5 Å². The van der Waals surface area contributed by atoms with E-state index in [9.17, 15) is 0 Å². The SMILES string of the molecule is Cc1cccc(C)c1-c1nc(N2c3ccccc3N(C)[C@H]2C)c(C)c(N2c3ccccc3N(C)[C@@H]2C)n1. The molecule has 0 unspecified atom stereocenters. The summed E-state index contributed by atoms with van der Waals surface area (Å²) < 4.78 is 0. The van der Waals surface area contributed by atoms with Crippen molar-refractivity contribution in [3.05, 3.63) is 83.4 Å². The molecule has 6 nitrogen and oxygen atoms in total. The van der Waals surface area contributed by atoms with Crippen LogP contribution in [0.3, 0.4) is 0 Å². The molecule has 37 heavy (non-hydrogen) atoms. The lowest BCUT2D eigenvalue weighted by atomic mass is 10.0. The van der Waals surface area contributed by atoms with Crippen LogP contribution >= 0.6 is 0 Å². The van der Waals surface area contributed by atoms with Crippen molar-refractivity contribution in [1.29, 1.82) is 0 Å². The van der Waals surface area contributed by atoms with E-state index in [2.05, 4.69) is 135 Å². The molecule has 0 bridgehead atoms. The average Bonchev–Trinajstić information content (AvgIpc) is 3.29. The second kappa shape index (κ2) is 8.51. The van der Waals surface area contributed by atoms with Crippen LogP contribution < -0.4 is 19.6 Å². The molecule has 0 saturated heterocycles. The van der Waals surface area contributed by atoms with Gasteiger partial charge in [-0.1, -0.05) is 42.5 Å². The van der Waals surface area contributed by atoms with Crippen molar-refractivity contribution in [2.45, 2.75) is 47.0 Å². The van der Waals surface area contributed by atoms with Crippen molar-refractivity contribution in [3.63, 3.8) is 0 Å². The average molecular weight is 491 g/mol. The summed E-state index contributed by atoms with van der Waals surface area (Å²) >= 11 is 0. The minimum Gasteiger partial charge on any atom is -0.352 e. The predicted octanol–water partition coefficient (Wildman–Crippen LogP) is 6.94. The van der Waals surface area contributed by atoms with Gasteiger partial charge in [0.25, 0.3) is 0 Å². The number of aromatic nitrogens is 2. The summed E-state index contributed by atoms with van der Waals surface area (Å²) in [6.45, 7) is 10.9. The third-order valence-electron chi connectivity index (χ3n) is 8.17. The molecular weight excluding hydrogens is 456 g/mol. The molecule has 0 fully saturated rings. The highest BCUT2D eigenvalue weighted by Crippen LogP contribution is 2.48. The summed E-state index contributed by atoms with van der Waals surface area (Å²) in [6, 6.07) is 23.6. The smallest absolute Gasteiger partial charge is 0.164 e. The Morgan fingerprint density at radius 3 is 1.41 bits per heavy atom. The standard InChI is InChI=1S/C31H34N6/c1-19-13-12-14-20(2)28(19)29-32-30(36-22(4)34(6)24-15-8-10-17-26(24)36)21(3)31(33-29)37-23(5)35(7)25-16-9-11-18-27(25)37/h8-18,22-23H,1-7H3/t22-,23+. The first-order valence-electron chi connectivity index (χ1n) is 13.0. The summed E-state index contributed by atoms with van der Waals surface area (Å²) in [4.78, 5) is 20.0. The van der Waals surface area contributed by atoms with Gasteiger partial charge in [0.15, 0.2) is 5.82 Å². The molecule has 3 heterocycles. The van der Waals surface area contributed by atoms with Crippen LogP contribution in [0.15, 0.2) is 66.7 Å². The number of fused-ring (bicyclic) bond motifs is 2. The Kier molecular flexibility index (Phi) is 5.37. The van der Waals surface area contributed by atoms with Gasteiger partial charge < -0.3 is 19.6 Å². The van der Waals surface area contributed by atoms with Gasteiger partial charge in [0.2, 0.25) is 0 Å². The Balaban J connectivity index is 1.64. The van der Waals surface area contributed by atoms with Gasteiger partial charge in [0, 0.05) is 25.2 Å². The molecule has 0 aliphatic carbocycles. The Morgan fingerprint density at radius 2 is 0.973 bits per heavy atom. The molecule has 4 aromatic rings. The first-order valence-corrected chi connectivity index (χ1v) is 13.0. The van der Waals surface area contributed by atoms with E-state index in [1.807, 2.05) is 0 Å². The fraction of sp³-hybridized carbons (Fsp3) is 0.290. The zero-order chi connectivity index (χ0) is 26.0. The molecule has 2 atom stereocenters.